The number of fused-ring (bicyclic) bond motifs is 1. The predicted octanol–water partition coefficient (Wildman–Crippen LogP) is 5.39. The summed E-state index contributed by atoms with van der Waals surface area (Å²) in [4.78, 5) is 34.2. The summed E-state index contributed by atoms with van der Waals surface area (Å²) in [7, 11) is 0. The number of Topliss-reactive ketones (excluding diaryl/α,β-unsaturated/α-hetero) is 1. The van der Waals surface area contributed by atoms with E-state index in [2.05, 4.69) is 20.6 Å². The lowest BCUT2D eigenvalue weighted by molar-refractivity contribution is -0.112. The van der Waals surface area contributed by atoms with Gasteiger partial charge in [0.15, 0.2) is 0 Å². The zero-order valence-corrected chi connectivity index (χ0v) is 18.4. The van der Waals surface area contributed by atoms with Gasteiger partial charge in [-0.05, 0) is 30.5 Å². The number of nitrogens with zero attached hydrogens (tertiary/aromatic N) is 2. The van der Waals surface area contributed by atoms with Crippen molar-refractivity contribution in [3.05, 3.63) is 78.0 Å². The summed E-state index contributed by atoms with van der Waals surface area (Å²) in [5.74, 6) is 0.401. The lowest BCUT2D eigenvalue weighted by Crippen LogP contribution is -2.23. The van der Waals surface area contributed by atoms with Crippen molar-refractivity contribution in [2.24, 2.45) is 0 Å². The molecule has 2 heterocycles. The number of anilines is 3. The quantitative estimate of drug-likeness (QED) is 0.327. The van der Waals surface area contributed by atoms with Crippen molar-refractivity contribution in [1.82, 2.24) is 9.97 Å². The number of nitrogens with one attached hydrogen (secondary N) is 2. The Balaban J connectivity index is 1.64. The molecule has 4 rings (SSSR count). The second-order valence-electron chi connectivity index (χ2n) is 8.52. The maximum absolute atomic E-state index is 13.1. The smallest absolute Gasteiger partial charge is 0.296 e. The molecule has 1 amide bonds. The number of amides is 1. The first-order chi connectivity index (χ1) is 15.2. The Hall–Kier alpha value is -4.00. The van der Waals surface area contributed by atoms with Gasteiger partial charge in [0.05, 0.1) is 5.69 Å². The van der Waals surface area contributed by atoms with E-state index in [4.69, 9.17) is 4.42 Å². The van der Waals surface area contributed by atoms with Crippen molar-refractivity contribution >= 4 is 39.8 Å². The average molecular weight is 428 g/mol. The third-order valence-corrected chi connectivity index (χ3v) is 5.09. The monoisotopic (exact) mass is 428 g/mol. The molecule has 0 aliphatic rings. The van der Waals surface area contributed by atoms with Crippen LogP contribution in [0.15, 0.2) is 65.3 Å². The summed E-state index contributed by atoms with van der Waals surface area (Å²) in [5, 5.41) is 7.31. The van der Waals surface area contributed by atoms with E-state index >= 15 is 0 Å². The third kappa shape index (κ3) is 4.23. The van der Waals surface area contributed by atoms with Crippen LogP contribution >= 0.6 is 0 Å². The number of ketones is 1. The topological polar surface area (TPSA) is 97.1 Å². The van der Waals surface area contributed by atoms with E-state index in [1.54, 1.807) is 43.6 Å². The molecule has 0 radical (unpaired) electrons. The lowest BCUT2D eigenvalue weighted by Gasteiger charge is -2.13. The van der Waals surface area contributed by atoms with Crippen LogP contribution in [-0.4, -0.2) is 21.7 Å². The van der Waals surface area contributed by atoms with Gasteiger partial charge in [0.1, 0.15) is 11.5 Å². The third-order valence-electron chi connectivity index (χ3n) is 5.09. The van der Waals surface area contributed by atoms with Crippen molar-refractivity contribution < 1.29 is 14.0 Å². The number of aryl methyl sites for hydroxylation is 1. The van der Waals surface area contributed by atoms with Crippen molar-refractivity contribution in [1.29, 1.82) is 0 Å². The molecule has 4 aromatic rings. The summed E-state index contributed by atoms with van der Waals surface area (Å²) in [5.41, 5.74) is 1.34. The fraction of sp³-hybridized carbons (Fsp3) is 0.200. The van der Waals surface area contributed by atoms with E-state index in [1.807, 2.05) is 45.0 Å². The Kier molecular flexibility index (Phi) is 5.48. The second kappa shape index (κ2) is 8.26. The minimum atomic E-state index is -0.716. The molecule has 0 fully saturated rings. The average Bonchev–Trinajstić information content (AvgIpc) is 3.15. The van der Waals surface area contributed by atoms with Crippen molar-refractivity contribution in [2.45, 2.75) is 33.1 Å². The molecule has 2 aromatic heterocycles. The van der Waals surface area contributed by atoms with Crippen LogP contribution in [-0.2, 0) is 10.2 Å². The van der Waals surface area contributed by atoms with Gasteiger partial charge in [-0.1, -0.05) is 45.0 Å². The first-order valence-electron chi connectivity index (χ1n) is 10.3. The highest BCUT2D eigenvalue weighted by molar-refractivity contribution is 6.48. The number of carbonyl (C=O) groups excluding carboxylic acids is 2. The van der Waals surface area contributed by atoms with E-state index in [-0.39, 0.29) is 5.41 Å². The number of furan rings is 1. The molecule has 0 bridgehead atoms. The number of rotatable bonds is 5. The van der Waals surface area contributed by atoms with Gasteiger partial charge in [-0.15, -0.1) is 0 Å². The van der Waals surface area contributed by atoms with Gasteiger partial charge in [-0.2, -0.15) is 0 Å². The van der Waals surface area contributed by atoms with Gasteiger partial charge in [-0.25, -0.2) is 9.97 Å². The molecule has 7 heteroatoms. The molecule has 0 spiro atoms. The molecule has 7 nitrogen and oxygen atoms in total. The standard InChI is InChI=1S/C25H24N4O3/c1-15-20(14-21(32-15)25(2,3)4)28-23(31)22(30)18-10-11-19(17-9-6-5-8-16(17)18)29-24-26-12-7-13-27-24/h5-14H,1-4H3,(H,28,31)(H,26,27,29). The van der Waals surface area contributed by atoms with Crippen LogP contribution in [0.2, 0.25) is 0 Å². The first-order valence-corrected chi connectivity index (χ1v) is 10.3. The number of hydrogen-bond acceptors (Lipinski definition) is 6. The maximum Gasteiger partial charge on any atom is 0.296 e. The lowest BCUT2D eigenvalue weighted by atomic mass is 9.93. The molecule has 0 saturated heterocycles. The van der Waals surface area contributed by atoms with Crippen molar-refractivity contribution in [3.8, 4) is 0 Å². The van der Waals surface area contributed by atoms with Crippen LogP contribution in [0.5, 0.6) is 0 Å². The summed E-state index contributed by atoms with van der Waals surface area (Å²) >= 11 is 0. The number of benzene rings is 2. The Morgan fingerprint density at radius 2 is 1.59 bits per heavy atom. The number of carbonyl (C=O) groups is 2. The minimum absolute atomic E-state index is 0.209. The molecule has 32 heavy (non-hydrogen) atoms. The second-order valence-corrected chi connectivity index (χ2v) is 8.52. The molecular weight excluding hydrogens is 404 g/mol. The Labute approximate surface area is 185 Å². The van der Waals surface area contributed by atoms with E-state index in [1.165, 1.54) is 0 Å². The minimum Gasteiger partial charge on any atom is -0.464 e. The van der Waals surface area contributed by atoms with E-state index in [0.717, 1.165) is 16.8 Å². The van der Waals surface area contributed by atoms with Gasteiger partial charge >= 0.3 is 0 Å². The molecular formula is C25H24N4O3. The van der Waals surface area contributed by atoms with Gasteiger partial charge in [-0.3, -0.25) is 9.59 Å². The maximum atomic E-state index is 13.1. The summed E-state index contributed by atoms with van der Waals surface area (Å²) in [6.07, 6.45) is 3.28. The Bertz CT molecular complexity index is 1300. The van der Waals surface area contributed by atoms with Gasteiger partial charge in [0.2, 0.25) is 5.95 Å². The molecule has 162 valence electrons. The van der Waals surface area contributed by atoms with E-state index < -0.39 is 11.7 Å². The highest BCUT2D eigenvalue weighted by atomic mass is 16.3. The molecule has 0 atom stereocenters. The van der Waals surface area contributed by atoms with Crippen LogP contribution in [0.25, 0.3) is 10.8 Å². The molecule has 0 unspecified atom stereocenters. The van der Waals surface area contributed by atoms with Crippen molar-refractivity contribution in [2.75, 3.05) is 10.6 Å². The number of aromatic nitrogens is 2. The fourth-order valence-electron chi connectivity index (χ4n) is 3.37. The zero-order valence-electron chi connectivity index (χ0n) is 18.4. The van der Waals surface area contributed by atoms with Crippen LogP contribution in [0.1, 0.15) is 42.6 Å². The molecule has 0 aliphatic carbocycles. The number of hydrogen-bond donors (Lipinski definition) is 2. The van der Waals surface area contributed by atoms with Crippen LogP contribution in [0, 0.1) is 6.92 Å². The molecule has 2 aromatic carbocycles. The fourth-order valence-corrected chi connectivity index (χ4v) is 3.37. The normalized spacial score (nSPS) is 11.4. The zero-order chi connectivity index (χ0) is 22.9. The van der Waals surface area contributed by atoms with Crippen molar-refractivity contribution in [3.63, 3.8) is 0 Å². The Morgan fingerprint density at radius 1 is 0.906 bits per heavy atom. The highest BCUT2D eigenvalue weighted by Crippen LogP contribution is 2.31. The van der Waals surface area contributed by atoms with Crippen LogP contribution in [0.3, 0.4) is 0 Å². The summed E-state index contributed by atoms with van der Waals surface area (Å²) in [6.45, 7) is 7.82. The van der Waals surface area contributed by atoms with Crippen LogP contribution < -0.4 is 10.6 Å². The SMILES string of the molecule is Cc1oc(C(C)(C)C)cc1NC(=O)C(=O)c1ccc(Nc2ncccn2)c2ccccc12. The van der Waals surface area contributed by atoms with Gasteiger partial charge in [0, 0.05) is 40.5 Å². The van der Waals surface area contributed by atoms with E-state index in [9.17, 15) is 9.59 Å². The largest absolute Gasteiger partial charge is 0.464 e. The predicted molar refractivity (Wildman–Crippen MR) is 124 cm³/mol. The molecule has 0 aliphatic heterocycles. The highest BCUT2D eigenvalue weighted by Gasteiger charge is 2.24. The summed E-state index contributed by atoms with van der Waals surface area (Å²) in [6, 6.07) is 14.3. The van der Waals surface area contributed by atoms with Gasteiger partial charge in [0.25, 0.3) is 11.7 Å². The van der Waals surface area contributed by atoms with Gasteiger partial charge < -0.3 is 15.1 Å². The van der Waals surface area contributed by atoms with Crippen LogP contribution in [0.4, 0.5) is 17.3 Å². The molecule has 2 N–H and O–H groups in total. The van der Waals surface area contributed by atoms with E-state index in [0.29, 0.717) is 28.3 Å². The molecule has 0 saturated carbocycles. The Morgan fingerprint density at radius 3 is 2.25 bits per heavy atom. The summed E-state index contributed by atoms with van der Waals surface area (Å²) < 4.78 is 5.76. The first kappa shape index (κ1) is 21.2.